The molecule has 0 aliphatic rings. The van der Waals surface area contributed by atoms with E-state index in [2.05, 4.69) is 11.9 Å². The van der Waals surface area contributed by atoms with Gasteiger partial charge in [-0.2, -0.15) is 0 Å². The number of ketones is 1. The Morgan fingerprint density at radius 1 is 1.46 bits per heavy atom. The summed E-state index contributed by atoms with van der Waals surface area (Å²) in [6.45, 7) is 4.02. The molecule has 0 heterocycles. The first kappa shape index (κ1) is 12.2. The Morgan fingerprint density at radius 3 is 2.54 bits per heavy atom. The molecule has 0 rings (SSSR count). The van der Waals surface area contributed by atoms with Crippen LogP contribution in [-0.2, 0) is 4.79 Å². The molecule has 0 fully saturated rings. The van der Waals surface area contributed by atoms with Crippen LogP contribution in [0.15, 0.2) is 12.7 Å². The molecule has 0 bridgehead atoms. The molecular weight excluding hydrogens is 168 g/mol. The lowest BCUT2D eigenvalue weighted by Gasteiger charge is -2.10. The van der Waals surface area contributed by atoms with Crippen molar-refractivity contribution in [1.82, 2.24) is 5.32 Å². The quantitative estimate of drug-likeness (QED) is 0.223. The van der Waals surface area contributed by atoms with E-state index in [1.54, 1.807) is 0 Å². The summed E-state index contributed by atoms with van der Waals surface area (Å²) in [6.07, 6.45) is 2.12. The van der Waals surface area contributed by atoms with E-state index in [-0.39, 0.29) is 5.78 Å². The molecule has 0 aliphatic carbocycles. The van der Waals surface area contributed by atoms with Gasteiger partial charge in [-0.1, -0.05) is 6.58 Å². The van der Waals surface area contributed by atoms with Crippen molar-refractivity contribution in [3.63, 3.8) is 0 Å². The Labute approximate surface area is 78.3 Å². The maximum atomic E-state index is 10.9. The Kier molecular flexibility index (Phi) is 6.34. The molecule has 0 aliphatic heterocycles. The summed E-state index contributed by atoms with van der Waals surface area (Å²) in [4.78, 5) is 10.9. The second kappa shape index (κ2) is 6.73. The summed E-state index contributed by atoms with van der Waals surface area (Å²) in [5, 5.41) is 2.82. The molecule has 0 radical (unpaired) electrons. The van der Waals surface area contributed by atoms with E-state index in [1.165, 1.54) is 6.08 Å². The summed E-state index contributed by atoms with van der Waals surface area (Å²) >= 11 is 0. The van der Waals surface area contributed by atoms with Crippen molar-refractivity contribution in [3.8, 4) is 0 Å². The lowest BCUT2D eigenvalue weighted by Crippen LogP contribution is -2.45. The normalized spacial score (nSPS) is 12.9. The minimum absolute atomic E-state index is 0.128. The van der Waals surface area contributed by atoms with Gasteiger partial charge in [0.05, 0.1) is 6.04 Å². The first-order valence-corrected chi connectivity index (χ1v) is 4.24. The third-order valence-electron chi connectivity index (χ3n) is 1.64. The molecule has 0 saturated carbocycles. The second-order valence-electron chi connectivity index (χ2n) is 2.84. The zero-order chi connectivity index (χ0) is 10.3. The summed E-state index contributed by atoms with van der Waals surface area (Å²) in [5.74, 6) is -0.128. The third kappa shape index (κ3) is 6.41. The lowest BCUT2D eigenvalue weighted by molar-refractivity contribution is -0.115. The fraction of sp³-hybridized carbons (Fsp3) is 0.625. The van der Waals surface area contributed by atoms with Crippen LogP contribution in [0, 0.1) is 0 Å². The first-order valence-electron chi connectivity index (χ1n) is 4.24. The van der Waals surface area contributed by atoms with Gasteiger partial charge >= 0.3 is 0 Å². The lowest BCUT2D eigenvalue weighted by atomic mass is 10.1. The summed E-state index contributed by atoms with van der Waals surface area (Å²) in [7, 11) is 0. The Morgan fingerprint density at radius 2 is 2.08 bits per heavy atom. The van der Waals surface area contributed by atoms with Crippen molar-refractivity contribution in [3.05, 3.63) is 12.7 Å². The number of rotatable bonds is 7. The molecule has 5 heteroatoms. The van der Waals surface area contributed by atoms with Crippen LogP contribution >= 0.6 is 0 Å². The Balaban J connectivity index is 3.42. The van der Waals surface area contributed by atoms with E-state index in [9.17, 15) is 4.79 Å². The smallest absolute Gasteiger partial charge is 0.171 e. The van der Waals surface area contributed by atoms with Gasteiger partial charge in [0.1, 0.15) is 6.29 Å². The van der Waals surface area contributed by atoms with Crippen LogP contribution in [0.5, 0.6) is 0 Å². The van der Waals surface area contributed by atoms with E-state index >= 15 is 0 Å². The zero-order valence-corrected chi connectivity index (χ0v) is 7.70. The van der Waals surface area contributed by atoms with Crippen molar-refractivity contribution in [2.24, 2.45) is 17.2 Å². The zero-order valence-electron chi connectivity index (χ0n) is 7.70. The average Bonchev–Trinajstić information content (AvgIpc) is 2.10. The van der Waals surface area contributed by atoms with Gasteiger partial charge in [0.25, 0.3) is 0 Å². The number of carbonyl (C=O) groups is 1. The minimum atomic E-state index is -0.508. The summed E-state index contributed by atoms with van der Waals surface area (Å²) in [6, 6.07) is -0.451. The van der Waals surface area contributed by atoms with Crippen LogP contribution in [0.4, 0.5) is 0 Å². The van der Waals surface area contributed by atoms with E-state index in [0.29, 0.717) is 13.0 Å². The largest absolute Gasteiger partial charge is 0.321 e. The molecule has 0 aromatic rings. The van der Waals surface area contributed by atoms with Crippen molar-refractivity contribution < 1.29 is 4.79 Å². The number of carbonyl (C=O) groups excluding carboxylic acids is 1. The highest BCUT2D eigenvalue weighted by Crippen LogP contribution is 1.95. The maximum Gasteiger partial charge on any atom is 0.171 e. The van der Waals surface area contributed by atoms with Crippen molar-refractivity contribution >= 4 is 5.78 Å². The van der Waals surface area contributed by atoms with Gasteiger partial charge in [0.15, 0.2) is 5.78 Å². The molecule has 0 aromatic carbocycles. The molecule has 0 unspecified atom stereocenters. The van der Waals surface area contributed by atoms with Gasteiger partial charge in [-0.05, 0) is 25.5 Å². The number of hydrogen-bond donors (Lipinski definition) is 4. The highest BCUT2D eigenvalue weighted by Gasteiger charge is 2.08. The molecule has 7 N–H and O–H groups in total. The highest BCUT2D eigenvalue weighted by molar-refractivity contribution is 5.93. The van der Waals surface area contributed by atoms with Gasteiger partial charge in [0, 0.05) is 0 Å². The molecule has 5 nitrogen and oxygen atoms in total. The van der Waals surface area contributed by atoms with Crippen molar-refractivity contribution in [1.29, 1.82) is 0 Å². The topological polar surface area (TPSA) is 107 Å². The maximum absolute atomic E-state index is 10.9. The second-order valence-corrected chi connectivity index (χ2v) is 2.84. The number of nitrogens with one attached hydrogen (secondary N) is 1. The van der Waals surface area contributed by atoms with Crippen LogP contribution in [-0.4, -0.2) is 24.7 Å². The van der Waals surface area contributed by atoms with Crippen molar-refractivity contribution in [2.45, 2.75) is 25.2 Å². The van der Waals surface area contributed by atoms with Crippen LogP contribution in [0.3, 0.4) is 0 Å². The molecule has 76 valence electrons. The summed E-state index contributed by atoms with van der Waals surface area (Å²) < 4.78 is 0. The molecule has 0 amide bonds. The van der Waals surface area contributed by atoms with E-state index in [0.717, 1.165) is 6.42 Å². The number of hydrogen-bond acceptors (Lipinski definition) is 5. The predicted octanol–water partition coefficient (Wildman–Crippen LogP) is -1.36. The predicted molar refractivity (Wildman–Crippen MR) is 52.6 cm³/mol. The van der Waals surface area contributed by atoms with Gasteiger partial charge in [-0.25, -0.2) is 0 Å². The van der Waals surface area contributed by atoms with Crippen molar-refractivity contribution in [2.75, 3.05) is 6.54 Å². The molecule has 1 atom stereocenters. The van der Waals surface area contributed by atoms with Gasteiger partial charge in [0.2, 0.25) is 0 Å². The van der Waals surface area contributed by atoms with Crippen LogP contribution in [0.25, 0.3) is 0 Å². The molecule has 0 saturated heterocycles. The fourth-order valence-corrected chi connectivity index (χ4v) is 0.884. The summed E-state index contributed by atoms with van der Waals surface area (Å²) in [5.41, 5.74) is 16.0. The Hall–Kier alpha value is -0.750. The van der Waals surface area contributed by atoms with E-state index in [1.807, 2.05) is 0 Å². The average molecular weight is 186 g/mol. The van der Waals surface area contributed by atoms with Crippen LogP contribution < -0.4 is 22.5 Å². The number of nitrogens with two attached hydrogens (primary N) is 3. The van der Waals surface area contributed by atoms with Gasteiger partial charge in [-0.3, -0.25) is 10.1 Å². The standard InChI is InChI=1S/C8H18N4O/c1-2-7(13)6(9)4-3-5-12-8(10)11/h2,6,8,12H,1,3-5,9-11H2/t6-/m0/s1. The van der Waals surface area contributed by atoms with Crippen LogP contribution in [0.1, 0.15) is 12.8 Å². The van der Waals surface area contributed by atoms with Gasteiger partial charge < -0.3 is 17.2 Å². The molecule has 0 aromatic heterocycles. The fourth-order valence-electron chi connectivity index (χ4n) is 0.884. The third-order valence-corrected chi connectivity index (χ3v) is 1.64. The molecule has 0 spiro atoms. The first-order chi connectivity index (χ1) is 6.07. The van der Waals surface area contributed by atoms with Crippen LogP contribution in [0.2, 0.25) is 0 Å². The van der Waals surface area contributed by atoms with E-state index < -0.39 is 12.3 Å². The van der Waals surface area contributed by atoms with E-state index in [4.69, 9.17) is 17.2 Å². The molecule has 13 heavy (non-hydrogen) atoms. The Bertz CT molecular complexity index is 170. The van der Waals surface area contributed by atoms with Gasteiger partial charge in [-0.15, -0.1) is 0 Å². The molecular formula is C8H18N4O. The monoisotopic (exact) mass is 186 g/mol. The minimum Gasteiger partial charge on any atom is -0.321 e. The SMILES string of the molecule is C=CC(=O)[C@@H](N)CCCNC(N)N. The highest BCUT2D eigenvalue weighted by atomic mass is 16.1.